The van der Waals surface area contributed by atoms with Gasteiger partial charge in [0.05, 0.1) is 0 Å². The van der Waals surface area contributed by atoms with Crippen LogP contribution in [0.15, 0.2) is 30.3 Å². The monoisotopic (exact) mass is 269 g/mol. The lowest BCUT2D eigenvalue weighted by Crippen LogP contribution is -2.55. The lowest BCUT2D eigenvalue weighted by atomic mass is 10.2. The Balaban J connectivity index is 0.00000162. The average Bonchev–Trinajstić information content (AvgIpc) is 2.38. The highest BCUT2D eigenvalue weighted by Crippen LogP contribution is 2.03. The van der Waals surface area contributed by atoms with Crippen molar-refractivity contribution in [2.24, 2.45) is 0 Å². The first-order valence-corrected chi connectivity index (χ1v) is 6.06. The minimum Gasteiger partial charge on any atom is -0.334 e. The third kappa shape index (κ3) is 3.89. The number of hydrogen-bond donors (Lipinski definition) is 2. The van der Waals surface area contributed by atoms with Gasteiger partial charge in [0.25, 0.3) is 0 Å². The summed E-state index contributed by atoms with van der Waals surface area (Å²) in [4.78, 5) is 13.9. The molecule has 1 unspecified atom stereocenters. The van der Waals surface area contributed by atoms with Crippen LogP contribution in [0.2, 0.25) is 0 Å². The highest BCUT2D eigenvalue weighted by molar-refractivity contribution is 5.85. The normalized spacial score (nSPS) is 18.9. The van der Waals surface area contributed by atoms with Crippen molar-refractivity contribution >= 4 is 18.4 Å². The molecule has 4 nitrogen and oxygen atoms in total. The average molecular weight is 270 g/mol. The zero-order valence-electron chi connectivity index (χ0n) is 10.6. The Morgan fingerprint density at radius 2 is 2.17 bits per heavy atom. The van der Waals surface area contributed by atoms with Crippen molar-refractivity contribution in [3.63, 3.8) is 0 Å². The maximum atomic E-state index is 12.0. The summed E-state index contributed by atoms with van der Waals surface area (Å²) in [7, 11) is 0. The summed E-state index contributed by atoms with van der Waals surface area (Å²) < 4.78 is 0. The molecule has 1 atom stereocenters. The van der Waals surface area contributed by atoms with Gasteiger partial charge in [0.15, 0.2) is 0 Å². The predicted octanol–water partition coefficient (Wildman–Crippen LogP) is 1.61. The smallest absolute Gasteiger partial charge is 0.317 e. The van der Waals surface area contributed by atoms with Gasteiger partial charge in [0.1, 0.15) is 0 Å². The number of rotatable bonds is 2. The fraction of sp³-hybridized carbons (Fsp3) is 0.462. The molecule has 100 valence electrons. The number of amides is 2. The largest absolute Gasteiger partial charge is 0.334 e. The van der Waals surface area contributed by atoms with Crippen LogP contribution < -0.4 is 10.6 Å². The van der Waals surface area contributed by atoms with Crippen LogP contribution in [-0.4, -0.2) is 36.6 Å². The highest BCUT2D eigenvalue weighted by atomic mass is 35.5. The Bertz CT molecular complexity index is 372. The molecule has 1 aliphatic heterocycles. The lowest BCUT2D eigenvalue weighted by molar-refractivity contribution is 0.164. The fourth-order valence-electron chi connectivity index (χ4n) is 2.02. The van der Waals surface area contributed by atoms with Crippen molar-refractivity contribution < 1.29 is 4.79 Å². The maximum absolute atomic E-state index is 12.0. The number of nitrogens with zero attached hydrogens (tertiary/aromatic N) is 1. The van der Waals surface area contributed by atoms with Crippen LogP contribution in [0.4, 0.5) is 4.79 Å². The van der Waals surface area contributed by atoms with Crippen molar-refractivity contribution in [2.45, 2.75) is 19.5 Å². The van der Waals surface area contributed by atoms with Gasteiger partial charge in [-0.05, 0) is 12.5 Å². The van der Waals surface area contributed by atoms with Gasteiger partial charge in [0, 0.05) is 32.2 Å². The molecule has 1 saturated heterocycles. The number of carbonyl (C=O) groups is 1. The summed E-state index contributed by atoms with van der Waals surface area (Å²) in [5.41, 5.74) is 1.13. The molecule has 2 rings (SSSR count). The quantitative estimate of drug-likeness (QED) is 0.857. The van der Waals surface area contributed by atoms with E-state index in [4.69, 9.17) is 0 Å². The SMILES string of the molecule is CC1CNCCN1C(=O)NCc1ccccc1.Cl. The van der Waals surface area contributed by atoms with Crippen LogP contribution in [0, 0.1) is 0 Å². The second-order valence-electron chi connectivity index (χ2n) is 4.39. The first-order chi connectivity index (χ1) is 8.27. The molecule has 1 heterocycles. The van der Waals surface area contributed by atoms with E-state index in [1.54, 1.807) is 0 Å². The summed E-state index contributed by atoms with van der Waals surface area (Å²) in [6.45, 7) is 5.19. The third-order valence-electron chi connectivity index (χ3n) is 3.05. The summed E-state index contributed by atoms with van der Waals surface area (Å²) in [5, 5.41) is 6.23. The Labute approximate surface area is 114 Å². The fourth-order valence-corrected chi connectivity index (χ4v) is 2.02. The van der Waals surface area contributed by atoms with Gasteiger partial charge >= 0.3 is 6.03 Å². The van der Waals surface area contributed by atoms with Crippen molar-refractivity contribution in [2.75, 3.05) is 19.6 Å². The van der Waals surface area contributed by atoms with Gasteiger partial charge in [-0.1, -0.05) is 30.3 Å². The Kier molecular flexibility index (Phi) is 5.95. The van der Waals surface area contributed by atoms with E-state index in [2.05, 4.69) is 17.6 Å². The molecule has 2 N–H and O–H groups in total. The zero-order valence-corrected chi connectivity index (χ0v) is 11.4. The molecule has 0 radical (unpaired) electrons. The second kappa shape index (κ2) is 7.24. The summed E-state index contributed by atoms with van der Waals surface area (Å²) in [6, 6.07) is 10.3. The van der Waals surface area contributed by atoms with Crippen LogP contribution in [-0.2, 0) is 6.54 Å². The Morgan fingerprint density at radius 1 is 1.44 bits per heavy atom. The van der Waals surface area contributed by atoms with Gasteiger partial charge in [-0.15, -0.1) is 12.4 Å². The van der Waals surface area contributed by atoms with Crippen LogP contribution in [0.5, 0.6) is 0 Å². The van der Waals surface area contributed by atoms with Crippen molar-refractivity contribution in [3.8, 4) is 0 Å². The second-order valence-corrected chi connectivity index (χ2v) is 4.39. The molecule has 1 fully saturated rings. The first kappa shape index (κ1) is 14.8. The molecule has 18 heavy (non-hydrogen) atoms. The number of nitrogens with one attached hydrogen (secondary N) is 2. The van der Waals surface area contributed by atoms with E-state index in [1.807, 2.05) is 35.2 Å². The van der Waals surface area contributed by atoms with E-state index in [0.717, 1.165) is 25.2 Å². The number of hydrogen-bond acceptors (Lipinski definition) is 2. The van der Waals surface area contributed by atoms with Gasteiger partial charge in [-0.3, -0.25) is 0 Å². The van der Waals surface area contributed by atoms with Gasteiger partial charge in [-0.2, -0.15) is 0 Å². The first-order valence-electron chi connectivity index (χ1n) is 6.06. The van der Waals surface area contributed by atoms with Crippen molar-refractivity contribution in [3.05, 3.63) is 35.9 Å². The van der Waals surface area contributed by atoms with Crippen LogP contribution in [0.1, 0.15) is 12.5 Å². The van der Waals surface area contributed by atoms with Crippen LogP contribution >= 0.6 is 12.4 Å². The van der Waals surface area contributed by atoms with Crippen molar-refractivity contribution in [1.29, 1.82) is 0 Å². The standard InChI is InChI=1S/C13H19N3O.ClH/c1-11-9-14-7-8-16(11)13(17)15-10-12-5-3-2-4-6-12;/h2-6,11,14H,7-10H2,1H3,(H,15,17);1H. The van der Waals surface area contributed by atoms with E-state index in [0.29, 0.717) is 6.54 Å². The molecule has 0 saturated carbocycles. The minimum atomic E-state index is 0. The third-order valence-corrected chi connectivity index (χ3v) is 3.05. The van der Waals surface area contributed by atoms with Crippen LogP contribution in [0.3, 0.4) is 0 Å². The summed E-state index contributed by atoms with van der Waals surface area (Å²) in [6.07, 6.45) is 0. The van der Waals surface area contributed by atoms with E-state index in [1.165, 1.54) is 0 Å². The molecular weight excluding hydrogens is 250 g/mol. The molecule has 5 heteroatoms. The Morgan fingerprint density at radius 3 is 2.83 bits per heavy atom. The summed E-state index contributed by atoms with van der Waals surface area (Å²) in [5.74, 6) is 0. The van der Waals surface area contributed by atoms with E-state index in [9.17, 15) is 4.79 Å². The molecular formula is C13H20ClN3O. The van der Waals surface area contributed by atoms with E-state index < -0.39 is 0 Å². The van der Waals surface area contributed by atoms with Gasteiger partial charge in [-0.25, -0.2) is 4.79 Å². The lowest BCUT2D eigenvalue weighted by Gasteiger charge is -2.33. The van der Waals surface area contributed by atoms with Gasteiger partial charge in [0.2, 0.25) is 0 Å². The number of benzene rings is 1. The number of piperazine rings is 1. The van der Waals surface area contributed by atoms with Crippen LogP contribution in [0.25, 0.3) is 0 Å². The zero-order chi connectivity index (χ0) is 12.1. The number of urea groups is 1. The molecule has 1 aliphatic rings. The van der Waals surface area contributed by atoms with E-state index >= 15 is 0 Å². The van der Waals surface area contributed by atoms with E-state index in [-0.39, 0.29) is 24.5 Å². The molecule has 0 bridgehead atoms. The molecule has 1 aromatic carbocycles. The molecule has 0 aliphatic carbocycles. The number of carbonyl (C=O) groups excluding carboxylic acids is 1. The highest BCUT2D eigenvalue weighted by Gasteiger charge is 2.22. The molecule has 0 aromatic heterocycles. The summed E-state index contributed by atoms with van der Waals surface area (Å²) >= 11 is 0. The topological polar surface area (TPSA) is 44.4 Å². The molecule has 0 spiro atoms. The molecule has 2 amide bonds. The maximum Gasteiger partial charge on any atom is 0.317 e. The molecule has 1 aromatic rings. The van der Waals surface area contributed by atoms with Crippen molar-refractivity contribution in [1.82, 2.24) is 15.5 Å². The predicted molar refractivity (Wildman–Crippen MR) is 75.0 cm³/mol. The Hall–Kier alpha value is -1.26. The minimum absolute atomic E-state index is 0. The number of halogens is 1. The van der Waals surface area contributed by atoms with Gasteiger partial charge < -0.3 is 15.5 Å².